The van der Waals surface area contributed by atoms with Gasteiger partial charge in [0.15, 0.2) is 0 Å². The molecule has 0 N–H and O–H groups in total. The van der Waals surface area contributed by atoms with Crippen molar-refractivity contribution in [1.82, 2.24) is 4.98 Å². The third-order valence-electron chi connectivity index (χ3n) is 4.49. The molecule has 0 bridgehead atoms. The Morgan fingerprint density at radius 3 is 2.75 bits per heavy atom. The number of hydrogen-bond donors (Lipinski definition) is 0. The highest BCUT2D eigenvalue weighted by Crippen LogP contribution is 2.32. The first-order valence-corrected chi connectivity index (χ1v) is 7.42. The molecule has 1 aliphatic rings. The van der Waals surface area contributed by atoms with Crippen LogP contribution in [0.5, 0.6) is 0 Å². The molecule has 5 heteroatoms. The number of nitro groups is 1. The van der Waals surface area contributed by atoms with E-state index in [0.717, 1.165) is 36.3 Å². The molecule has 1 atom stereocenters. The zero-order chi connectivity index (χ0) is 14.7. The highest BCUT2D eigenvalue weighted by Gasteiger charge is 2.29. The largest absolute Gasteiger partial charge is 0.356 e. The lowest BCUT2D eigenvalue weighted by Gasteiger charge is -2.23. The Labute approximate surface area is 120 Å². The summed E-state index contributed by atoms with van der Waals surface area (Å²) in [6.45, 7) is 8.45. The van der Waals surface area contributed by atoms with Crippen LogP contribution in [0, 0.1) is 28.9 Å². The normalized spacial score (nSPS) is 18.8. The van der Waals surface area contributed by atoms with Crippen LogP contribution in [0.3, 0.4) is 0 Å². The second-order valence-corrected chi connectivity index (χ2v) is 5.66. The fourth-order valence-electron chi connectivity index (χ4n) is 3.30. The van der Waals surface area contributed by atoms with Crippen LogP contribution >= 0.6 is 0 Å². The summed E-state index contributed by atoms with van der Waals surface area (Å²) in [4.78, 5) is 17.0. The monoisotopic (exact) mass is 277 g/mol. The van der Waals surface area contributed by atoms with E-state index in [0.29, 0.717) is 0 Å². The number of hydrogen-bond acceptors (Lipinski definition) is 4. The maximum Gasteiger partial charge on any atom is 0.287 e. The van der Waals surface area contributed by atoms with Crippen molar-refractivity contribution in [2.75, 3.05) is 18.0 Å². The molecule has 20 heavy (non-hydrogen) atoms. The van der Waals surface area contributed by atoms with Gasteiger partial charge >= 0.3 is 0 Å². The molecule has 0 radical (unpaired) electrons. The van der Waals surface area contributed by atoms with Crippen molar-refractivity contribution >= 4 is 11.5 Å². The van der Waals surface area contributed by atoms with Gasteiger partial charge in [-0.1, -0.05) is 26.7 Å². The summed E-state index contributed by atoms with van der Waals surface area (Å²) >= 11 is 0. The van der Waals surface area contributed by atoms with E-state index in [4.69, 9.17) is 0 Å². The number of anilines is 1. The molecule has 0 spiro atoms. The molecule has 1 saturated heterocycles. The summed E-state index contributed by atoms with van der Waals surface area (Å²) in [5.41, 5.74) is 0.964. The minimum atomic E-state index is -0.388. The van der Waals surface area contributed by atoms with Gasteiger partial charge in [-0.25, -0.2) is 4.98 Å². The lowest BCUT2D eigenvalue weighted by Crippen LogP contribution is -2.24. The Hall–Kier alpha value is -1.65. The van der Waals surface area contributed by atoms with Gasteiger partial charge < -0.3 is 4.90 Å². The van der Waals surface area contributed by atoms with Gasteiger partial charge in [-0.05, 0) is 30.7 Å². The highest BCUT2D eigenvalue weighted by atomic mass is 16.6. The maximum atomic E-state index is 10.8. The fourth-order valence-corrected chi connectivity index (χ4v) is 3.30. The van der Waals surface area contributed by atoms with Crippen LogP contribution in [0.1, 0.15) is 38.7 Å². The van der Waals surface area contributed by atoms with Gasteiger partial charge in [0.25, 0.3) is 5.69 Å². The summed E-state index contributed by atoms with van der Waals surface area (Å²) in [5, 5.41) is 10.8. The summed E-state index contributed by atoms with van der Waals surface area (Å²) in [6.07, 6.45) is 5.01. The minimum Gasteiger partial charge on any atom is -0.356 e. The van der Waals surface area contributed by atoms with Crippen LogP contribution < -0.4 is 4.90 Å². The summed E-state index contributed by atoms with van der Waals surface area (Å²) in [5.74, 6) is 2.41. The summed E-state index contributed by atoms with van der Waals surface area (Å²) in [6, 6.07) is 1.62. The van der Waals surface area contributed by atoms with E-state index < -0.39 is 0 Å². The van der Waals surface area contributed by atoms with Crippen molar-refractivity contribution in [2.45, 2.75) is 40.0 Å². The molecule has 2 rings (SSSR count). The first-order chi connectivity index (χ1) is 9.56. The highest BCUT2D eigenvalue weighted by molar-refractivity contribution is 5.51. The molecule has 110 valence electrons. The predicted molar refractivity (Wildman–Crippen MR) is 80.0 cm³/mol. The molecule has 5 nitrogen and oxygen atoms in total. The Bertz CT molecular complexity index is 486. The Morgan fingerprint density at radius 2 is 2.20 bits per heavy atom. The van der Waals surface area contributed by atoms with Crippen LogP contribution in [0.15, 0.2) is 12.3 Å². The lowest BCUT2D eigenvalue weighted by atomic mass is 9.87. The van der Waals surface area contributed by atoms with Crippen molar-refractivity contribution < 1.29 is 4.92 Å². The molecular weight excluding hydrogens is 254 g/mol. The summed E-state index contributed by atoms with van der Waals surface area (Å²) < 4.78 is 0. The number of aromatic nitrogens is 1. The lowest BCUT2D eigenvalue weighted by molar-refractivity contribution is -0.385. The van der Waals surface area contributed by atoms with Gasteiger partial charge in [0.05, 0.1) is 4.92 Å². The SMILES string of the molecule is CCC(CC)C1CCN(c2ncc([N+](=O)[O-])cc2C)C1. The van der Waals surface area contributed by atoms with Crippen LogP contribution in [-0.2, 0) is 0 Å². The molecule has 0 amide bonds. The van der Waals surface area contributed by atoms with Gasteiger partial charge in [-0.2, -0.15) is 0 Å². The number of aryl methyl sites for hydroxylation is 1. The third-order valence-corrected chi connectivity index (χ3v) is 4.49. The molecule has 1 aliphatic heterocycles. The van der Waals surface area contributed by atoms with E-state index >= 15 is 0 Å². The van der Waals surface area contributed by atoms with Gasteiger partial charge in [0.1, 0.15) is 12.0 Å². The van der Waals surface area contributed by atoms with Crippen molar-refractivity contribution in [3.63, 3.8) is 0 Å². The van der Waals surface area contributed by atoms with E-state index in [1.165, 1.54) is 25.5 Å². The molecule has 2 heterocycles. The van der Waals surface area contributed by atoms with E-state index in [-0.39, 0.29) is 10.6 Å². The first-order valence-electron chi connectivity index (χ1n) is 7.42. The Morgan fingerprint density at radius 1 is 1.50 bits per heavy atom. The van der Waals surface area contributed by atoms with E-state index in [9.17, 15) is 10.1 Å². The Kier molecular flexibility index (Phi) is 4.57. The van der Waals surface area contributed by atoms with E-state index in [1.54, 1.807) is 6.07 Å². The average molecular weight is 277 g/mol. The molecule has 1 aromatic rings. The zero-order valence-corrected chi connectivity index (χ0v) is 12.5. The van der Waals surface area contributed by atoms with Gasteiger partial charge in [0, 0.05) is 19.2 Å². The fraction of sp³-hybridized carbons (Fsp3) is 0.667. The standard InChI is InChI=1S/C15H23N3O2/c1-4-12(5-2)13-6-7-17(10-13)15-11(3)8-14(9-16-15)18(19)20/h8-9,12-13H,4-7,10H2,1-3H3. The second-order valence-electron chi connectivity index (χ2n) is 5.66. The zero-order valence-electron chi connectivity index (χ0n) is 12.5. The number of pyridine rings is 1. The first kappa shape index (κ1) is 14.8. The quantitative estimate of drug-likeness (QED) is 0.610. The van der Waals surface area contributed by atoms with Crippen molar-refractivity contribution in [3.8, 4) is 0 Å². The van der Waals surface area contributed by atoms with Crippen LogP contribution in [-0.4, -0.2) is 23.0 Å². The molecule has 0 aromatic carbocycles. The van der Waals surface area contributed by atoms with Gasteiger partial charge in [0.2, 0.25) is 0 Å². The molecule has 1 aromatic heterocycles. The van der Waals surface area contributed by atoms with Crippen molar-refractivity contribution in [2.24, 2.45) is 11.8 Å². The maximum absolute atomic E-state index is 10.8. The van der Waals surface area contributed by atoms with Crippen LogP contribution in [0.2, 0.25) is 0 Å². The Balaban J connectivity index is 2.12. The van der Waals surface area contributed by atoms with Gasteiger partial charge in [-0.15, -0.1) is 0 Å². The van der Waals surface area contributed by atoms with E-state index in [2.05, 4.69) is 23.7 Å². The van der Waals surface area contributed by atoms with Crippen LogP contribution in [0.25, 0.3) is 0 Å². The van der Waals surface area contributed by atoms with Crippen molar-refractivity contribution in [3.05, 3.63) is 27.9 Å². The van der Waals surface area contributed by atoms with Crippen LogP contribution in [0.4, 0.5) is 11.5 Å². The average Bonchev–Trinajstić information content (AvgIpc) is 2.89. The smallest absolute Gasteiger partial charge is 0.287 e. The topological polar surface area (TPSA) is 59.3 Å². The number of rotatable bonds is 5. The van der Waals surface area contributed by atoms with E-state index in [1.807, 2.05) is 6.92 Å². The minimum absolute atomic E-state index is 0.0713. The summed E-state index contributed by atoms with van der Waals surface area (Å²) in [7, 11) is 0. The van der Waals surface area contributed by atoms with Crippen molar-refractivity contribution in [1.29, 1.82) is 0 Å². The molecule has 1 unspecified atom stereocenters. The van der Waals surface area contributed by atoms with Gasteiger partial charge in [-0.3, -0.25) is 10.1 Å². The molecular formula is C15H23N3O2. The predicted octanol–water partition coefficient (Wildman–Crippen LogP) is 3.56. The molecule has 0 saturated carbocycles. The second kappa shape index (κ2) is 6.20. The number of nitrogens with zero attached hydrogens (tertiary/aromatic N) is 3. The third kappa shape index (κ3) is 2.92. The molecule has 0 aliphatic carbocycles. The molecule has 1 fully saturated rings.